The van der Waals surface area contributed by atoms with Gasteiger partial charge in [0.15, 0.2) is 0 Å². The summed E-state index contributed by atoms with van der Waals surface area (Å²) in [5.74, 6) is -2.83. The van der Waals surface area contributed by atoms with Crippen molar-refractivity contribution in [3.8, 4) is 5.75 Å². The van der Waals surface area contributed by atoms with Crippen molar-refractivity contribution >= 4 is 44.5 Å². The molecule has 0 radical (unpaired) electrons. The Bertz CT molecular complexity index is 1810. The van der Waals surface area contributed by atoms with Gasteiger partial charge in [0.2, 0.25) is 5.91 Å². The Kier molecular flexibility index (Phi) is 8.40. The van der Waals surface area contributed by atoms with Crippen molar-refractivity contribution in [1.29, 1.82) is 0 Å². The third-order valence-corrected chi connectivity index (χ3v) is 9.05. The first-order valence-electron chi connectivity index (χ1n) is 13.8. The summed E-state index contributed by atoms with van der Waals surface area (Å²) in [6.07, 6.45) is 4.59. The van der Waals surface area contributed by atoms with Gasteiger partial charge in [0.1, 0.15) is 11.9 Å². The largest absolute Gasteiger partial charge is 0.496 e. The number of primary amides is 1. The molecule has 11 nitrogen and oxygen atoms in total. The van der Waals surface area contributed by atoms with Crippen LogP contribution in [0.4, 0.5) is 10.5 Å². The second-order valence-electron chi connectivity index (χ2n) is 10.4. The first-order valence-corrected chi connectivity index (χ1v) is 15.2. The number of anilines is 1. The highest BCUT2D eigenvalue weighted by Gasteiger charge is 2.32. The Balaban J connectivity index is 1.53. The summed E-state index contributed by atoms with van der Waals surface area (Å²) in [7, 11) is -2.88. The highest BCUT2D eigenvalue weighted by molar-refractivity contribution is 7.90. The van der Waals surface area contributed by atoms with Crippen molar-refractivity contribution in [3.63, 3.8) is 0 Å². The lowest BCUT2D eigenvalue weighted by molar-refractivity contribution is -0.118. The fraction of sp³-hybridized carbons (Fsp3) is 0.258. The minimum absolute atomic E-state index is 0.0534. The number of hydrogen-bond donors (Lipinski definition) is 4. The van der Waals surface area contributed by atoms with Crippen LogP contribution in [0, 0.1) is 6.92 Å². The molecule has 1 atom stereocenters. The number of sulfonamides is 1. The van der Waals surface area contributed by atoms with Crippen LogP contribution in [0.5, 0.6) is 5.75 Å². The third kappa shape index (κ3) is 6.19. The number of benzene rings is 3. The van der Waals surface area contributed by atoms with Gasteiger partial charge in [-0.3, -0.25) is 14.9 Å². The highest BCUT2D eigenvalue weighted by Crippen LogP contribution is 2.38. The van der Waals surface area contributed by atoms with E-state index in [1.54, 1.807) is 55.6 Å². The average Bonchev–Trinajstić information content (AvgIpc) is 3.63. The molecule has 5 N–H and O–H groups in total. The second kappa shape index (κ2) is 12.2. The number of H-pyrrole nitrogens is 1. The van der Waals surface area contributed by atoms with Crippen LogP contribution in [0.3, 0.4) is 0 Å². The average molecular weight is 605 g/mol. The predicted molar refractivity (Wildman–Crippen MR) is 161 cm³/mol. The normalized spacial score (nSPS) is 14.3. The van der Waals surface area contributed by atoms with Gasteiger partial charge in [0.25, 0.3) is 15.9 Å². The molecule has 5 rings (SSSR count). The van der Waals surface area contributed by atoms with Crippen molar-refractivity contribution in [2.24, 2.45) is 5.73 Å². The van der Waals surface area contributed by atoms with Crippen LogP contribution in [0.1, 0.15) is 58.6 Å². The number of aromatic nitrogens is 1. The maximum absolute atomic E-state index is 13.5. The molecule has 1 saturated carbocycles. The van der Waals surface area contributed by atoms with Crippen LogP contribution in [-0.2, 0) is 19.6 Å². The molecule has 4 aromatic rings. The molecule has 1 aliphatic carbocycles. The number of nitrogens with two attached hydrogens (primary N) is 1. The van der Waals surface area contributed by atoms with Crippen molar-refractivity contribution in [1.82, 2.24) is 9.71 Å². The fourth-order valence-corrected chi connectivity index (χ4v) is 6.74. The first kappa shape index (κ1) is 29.6. The number of nitrogens with one attached hydrogen (secondary N) is 3. The SMILES string of the molecule is COc1cccc(C(=O)NS(=O)(=O)c2ccccc2C)c1C(C(N)=O)c1c[nH]c2ccc(NC(=O)OC3CCCC3)cc12. The number of carbonyl (C=O) groups excluding carboxylic acids is 3. The summed E-state index contributed by atoms with van der Waals surface area (Å²) in [5, 5.41) is 3.29. The Morgan fingerprint density at radius 3 is 2.47 bits per heavy atom. The van der Waals surface area contributed by atoms with Crippen molar-refractivity contribution in [3.05, 3.63) is 89.1 Å². The summed E-state index contributed by atoms with van der Waals surface area (Å²) in [5.41, 5.74) is 7.86. The number of rotatable bonds is 9. The van der Waals surface area contributed by atoms with E-state index in [1.165, 1.54) is 25.3 Å². The van der Waals surface area contributed by atoms with Gasteiger partial charge >= 0.3 is 6.09 Å². The molecule has 224 valence electrons. The molecule has 0 aliphatic heterocycles. The highest BCUT2D eigenvalue weighted by atomic mass is 32.2. The summed E-state index contributed by atoms with van der Waals surface area (Å²) in [6, 6.07) is 15.8. The number of hydrogen-bond acceptors (Lipinski definition) is 7. The van der Waals surface area contributed by atoms with Gasteiger partial charge in [-0.1, -0.05) is 24.3 Å². The van der Waals surface area contributed by atoms with Crippen LogP contribution in [0.2, 0.25) is 0 Å². The van der Waals surface area contributed by atoms with Gasteiger partial charge in [-0.15, -0.1) is 0 Å². The van der Waals surface area contributed by atoms with E-state index in [4.69, 9.17) is 15.2 Å². The Labute approximate surface area is 248 Å². The van der Waals surface area contributed by atoms with Crippen molar-refractivity contribution in [2.75, 3.05) is 12.4 Å². The van der Waals surface area contributed by atoms with Crippen molar-refractivity contribution in [2.45, 2.75) is 49.5 Å². The summed E-state index contributed by atoms with van der Waals surface area (Å²) in [4.78, 5) is 42.2. The summed E-state index contributed by atoms with van der Waals surface area (Å²) >= 11 is 0. The van der Waals surface area contributed by atoms with Crippen LogP contribution in [-0.4, -0.2) is 44.5 Å². The van der Waals surface area contributed by atoms with Gasteiger partial charge < -0.3 is 20.2 Å². The van der Waals surface area contributed by atoms with Crippen LogP contribution in [0.15, 0.2) is 71.8 Å². The zero-order chi connectivity index (χ0) is 30.7. The standard InChI is InChI=1S/C31H32N4O7S/c1-18-8-3-6-13-26(18)43(39,40)35-30(37)21-11-7-12-25(41-2)27(21)28(29(32)36)23-17-33-24-15-14-19(16-22(23)24)34-31(38)42-20-9-4-5-10-20/h3,6-8,11-17,20,28,33H,4-5,9-10H2,1-2H3,(H2,32,36)(H,34,38)(H,35,37). The van der Waals surface area contributed by atoms with E-state index in [-0.39, 0.29) is 27.9 Å². The molecule has 3 aromatic carbocycles. The third-order valence-electron chi connectivity index (χ3n) is 7.56. The van der Waals surface area contributed by atoms with E-state index in [9.17, 15) is 22.8 Å². The number of ether oxygens (including phenoxy) is 2. The van der Waals surface area contributed by atoms with Gasteiger partial charge in [-0.05, 0) is 80.1 Å². The number of aromatic amines is 1. The molecule has 0 spiro atoms. The zero-order valence-electron chi connectivity index (χ0n) is 23.7. The molecule has 1 unspecified atom stereocenters. The monoisotopic (exact) mass is 604 g/mol. The maximum atomic E-state index is 13.5. The van der Waals surface area contributed by atoms with Gasteiger partial charge in [0, 0.05) is 33.9 Å². The number of methoxy groups -OCH3 is 1. The van der Waals surface area contributed by atoms with Gasteiger partial charge in [0.05, 0.1) is 17.9 Å². The molecular formula is C31H32N4O7S. The topological polar surface area (TPSA) is 170 Å². The van der Waals surface area contributed by atoms with Crippen LogP contribution in [0.25, 0.3) is 10.9 Å². The van der Waals surface area contributed by atoms with E-state index in [0.29, 0.717) is 27.7 Å². The minimum Gasteiger partial charge on any atom is -0.496 e. The molecule has 1 fully saturated rings. The lowest BCUT2D eigenvalue weighted by Gasteiger charge is -2.21. The summed E-state index contributed by atoms with van der Waals surface area (Å²) < 4.78 is 39.4. The molecule has 1 aromatic heterocycles. The lowest BCUT2D eigenvalue weighted by atomic mass is 9.86. The van der Waals surface area contributed by atoms with E-state index >= 15 is 0 Å². The summed E-state index contributed by atoms with van der Waals surface area (Å²) in [6.45, 7) is 1.62. The number of fused-ring (bicyclic) bond motifs is 1. The molecule has 1 aliphatic rings. The van der Waals surface area contributed by atoms with E-state index < -0.39 is 33.8 Å². The Morgan fingerprint density at radius 2 is 1.77 bits per heavy atom. The van der Waals surface area contributed by atoms with E-state index in [0.717, 1.165) is 25.7 Å². The zero-order valence-corrected chi connectivity index (χ0v) is 24.5. The maximum Gasteiger partial charge on any atom is 0.411 e. The van der Waals surface area contributed by atoms with Crippen LogP contribution < -0.4 is 20.5 Å². The van der Waals surface area contributed by atoms with E-state index in [1.807, 2.05) is 0 Å². The first-order chi connectivity index (χ1) is 20.6. The molecule has 0 bridgehead atoms. The molecule has 0 saturated heterocycles. The van der Waals surface area contributed by atoms with Gasteiger partial charge in [-0.2, -0.15) is 0 Å². The molecule has 3 amide bonds. The molecule has 43 heavy (non-hydrogen) atoms. The van der Waals surface area contributed by atoms with Gasteiger partial charge in [-0.25, -0.2) is 17.9 Å². The number of amides is 3. The second-order valence-corrected chi connectivity index (χ2v) is 12.0. The number of aryl methyl sites for hydroxylation is 1. The lowest BCUT2D eigenvalue weighted by Crippen LogP contribution is -2.33. The minimum atomic E-state index is -4.25. The Morgan fingerprint density at radius 1 is 1.02 bits per heavy atom. The smallest absolute Gasteiger partial charge is 0.411 e. The number of carbonyl (C=O) groups is 3. The predicted octanol–water partition coefficient (Wildman–Crippen LogP) is 4.71. The molecule has 1 heterocycles. The molecule has 12 heteroatoms. The van der Waals surface area contributed by atoms with Crippen molar-refractivity contribution < 1.29 is 32.3 Å². The molecular weight excluding hydrogens is 572 g/mol. The fourth-order valence-electron chi connectivity index (χ4n) is 5.52. The quantitative estimate of drug-likeness (QED) is 0.214. The van der Waals surface area contributed by atoms with Crippen LogP contribution >= 0.6 is 0 Å². The van der Waals surface area contributed by atoms with E-state index in [2.05, 4.69) is 15.0 Å². The Hall–Kier alpha value is -4.84.